The fourth-order valence-corrected chi connectivity index (χ4v) is 4.84. The van der Waals surface area contributed by atoms with Crippen molar-refractivity contribution in [2.45, 2.75) is 30.0 Å². The van der Waals surface area contributed by atoms with E-state index < -0.39 is 0 Å². The highest BCUT2D eigenvalue weighted by Crippen LogP contribution is 2.38. The molecule has 9 heteroatoms. The van der Waals surface area contributed by atoms with Crippen molar-refractivity contribution in [3.63, 3.8) is 0 Å². The number of anilines is 1. The monoisotopic (exact) mass is 486 g/mol. The number of methoxy groups -OCH3 is 1. The zero-order valence-corrected chi connectivity index (χ0v) is 20.4. The molecule has 1 aliphatic rings. The van der Waals surface area contributed by atoms with E-state index in [1.165, 1.54) is 11.8 Å². The smallest absolute Gasteiger partial charge is 0.148 e. The Morgan fingerprint density at radius 1 is 1.00 bits per heavy atom. The van der Waals surface area contributed by atoms with Crippen molar-refractivity contribution in [2.24, 2.45) is 0 Å². The van der Waals surface area contributed by atoms with E-state index in [0.29, 0.717) is 57.9 Å². The first-order valence-electron chi connectivity index (χ1n) is 11.5. The summed E-state index contributed by atoms with van der Waals surface area (Å²) in [4.78, 5) is 16.0. The maximum Gasteiger partial charge on any atom is 0.148 e. The fraction of sp³-hybridized carbons (Fsp3) is 0.346. The summed E-state index contributed by atoms with van der Waals surface area (Å²) in [6, 6.07) is 14.0. The molecule has 0 atom stereocenters. The molecule has 3 aromatic heterocycles. The van der Waals surface area contributed by atoms with Crippen molar-refractivity contribution in [3.05, 3.63) is 59.5 Å². The van der Waals surface area contributed by atoms with Crippen LogP contribution in [0.2, 0.25) is 0 Å². The molecule has 4 heterocycles. The lowest BCUT2D eigenvalue weighted by Crippen LogP contribution is -2.31. The van der Waals surface area contributed by atoms with Crippen LogP contribution in [0, 0.1) is 22.7 Å². The number of nitrogens with zero attached hydrogens (tertiary/aromatic N) is 6. The van der Waals surface area contributed by atoms with E-state index in [4.69, 9.17) is 14.5 Å². The summed E-state index contributed by atoms with van der Waals surface area (Å²) in [5, 5.41) is 20.9. The molecule has 0 aliphatic carbocycles. The topological polar surface area (TPSA) is 108 Å². The zero-order chi connectivity index (χ0) is 24.5. The first kappa shape index (κ1) is 24.5. The highest BCUT2D eigenvalue weighted by Gasteiger charge is 2.26. The van der Waals surface area contributed by atoms with Gasteiger partial charge < -0.3 is 14.4 Å². The number of hydrogen-bond donors (Lipinski definition) is 0. The zero-order valence-electron chi connectivity index (χ0n) is 19.6. The molecule has 8 nitrogen and oxygen atoms in total. The minimum absolute atomic E-state index is 0.351. The molecule has 1 aliphatic heterocycles. The Morgan fingerprint density at radius 3 is 2.49 bits per heavy atom. The van der Waals surface area contributed by atoms with Crippen molar-refractivity contribution < 1.29 is 9.47 Å². The van der Waals surface area contributed by atoms with Gasteiger partial charge in [0.2, 0.25) is 0 Å². The van der Waals surface area contributed by atoms with Crippen molar-refractivity contribution in [1.82, 2.24) is 15.0 Å². The molecule has 0 N–H and O–H groups in total. The fourth-order valence-electron chi connectivity index (χ4n) is 3.94. The number of pyridine rings is 3. The predicted molar refractivity (Wildman–Crippen MR) is 134 cm³/mol. The molecule has 1 fully saturated rings. The lowest BCUT2D eigenvalue weighted by molar-refractivity contribution is 0.146. The van der Waals surface area contributed by atoms with Gasteiger partial charge in [-0.05, 0) is 43.5 Å². The number of nitriles is 2. The third-order valence-electron chi connectivity index (χ3n) is 5.66. The quantitative estimate of drug-likeness (QED) is 0.317. The molecule has 1 saturated heterocycles. The van der Waals surface area contributed by atoms with E-state index in [-0.39, 0.29) is 0 Å². The maximum atomic E-state index is 10.2. The van der Waals surface area contributed by atoms with Gasteiger partial charge in [0.1, 0.15) is 40.9 Å². The van der Waals surface area contributed by atoms with Gasteiger partial charge in [-0.15, -0.1) is 0 Å². The van der Waals surface area contributed by atoms with Crippen LogP contribution in [0.25, 0.3) is 11.3 Å². The van der Waals surface area contributed by atoms with Gasteiger partial charge in [0, 0.05) is 37.7 Å². The van der Waals surface area contributed by atoms with E-state index in [1.54, 1.807) is 31.6 Å². The largest absolute Gasteiger partial charge is 0.490 e. The van der Waals surface area contributed by atoms with Crippen molar-refractivity contribution in [2.75, 3.05) is 38.3 Å². The van der Waals surface area contributed by atoms with Gasteiger partial charge in [0.05, 0.1) is 29.8 Å². The minimum atomic E-state index is 0.351. The number of rotatable bonds is 9. The summed E-state index contributed by atoms with van der Waals surface area (Å²) in [7, 11) is 1.62. The standard InChI is InChI=1S/C26H26N6O2S/c1-33-13-14-34-20-8-9-23(30-17-20)24-21(15-27)25(32-11-5-2-6-12-32)31-26(22(24)16-28)35-18-19-7-3-4-10-29-19/h3-4,7-10,17H,2,5-6,11-14,18H2,1H3. The summed E-state index contributed by atoms with van der Waals surface area (Å²) in [5.41, 5.74) is 2.68. The Labute approximate surface area is 209 Å². The lowest BCUT2D eigenvalue weighted by Gasteiger charge is -2.29. The van der Waals surface area contributed by atoms with Crippen LogP contribution < -0.4 is 9.64 Å². The normalized spacial score (nSPS) is 13.2. The van der Waals surface area contributed by atoms with Crippen LogP contribution in [0.1, 0.15) is 36.1 Å². The Balaban J connectivity index is 1.78. The lowest BCUT2D eigenvalue weighted by atomic mass is 9.99. The predicted octanol–water partition coefficient (Wildman–Crippen LogP) is 4.59. The Bertz CT molecular complexity index is 1220. The van der Waals surface area contributed by atoms with Gasteiger partial charge in [0.15, 0.2) is 0 Å². The van der Waals surface area contributed by atoms with Crippen LogP contribution in [0.15, 0.2) is 47.8 Å². The molecule has 0 saturated carbocycles. The number of thioether (sulfide) groups is 1. The first-order valence-corrected chi connectivity index (χ1v) is 12.5. The maximum absolute atomic E-state index is 10.2. The first-order chi connectivity index (χ1) is 17.2. The summed E-state index contributed by atoms with van der Waals surface area (Å²) < 4.78 is 10.7. The highest BCUT2D eigenvalue weighted by atomic mass is 32.2. The SMILES string of the molecule is COCCOc1ccc(-c2c(C#N)c(SCc3ccccn3)nc(N3CCCCC3)c2C#N)nc1. The van der Waals surface area contributed by atoms with Crippen molar-refractivity contribution in [3.8, 4) is 29.1 Å². The van der Waals surface area contributed by atoms with Crippen LogP contribution in [0.5, 0.6) is 5.75 Å². The second-order valence-corrected chi connectivity index (χ2v) is 8.93. The summed E-state index contributed by atoms with van der Waals surface area (Å²) in [6.07, 6.45) is 6.61. The van der Waals surface area contributed by atoms with Gasteiger partial charge in [-0.2, -0.15) is 10.5 Å². The molecule has 4 rings (SSSR count). The van der Waals surface area contributed by atoms with E-state index in [9.17, 15) is 10.5 Å². The molecule has 0 aromatic carbocycles. The highest BCUT2D eigenvalue weighted by molar-refractivity contribution is 7.98. The Morgan fingerprint density at radius 2 is 1.83 bits per heavy atom. The van der Waals surface area contributed by atoms with E-state index in [0.717, 1.165) is 38.0 Å². The molecule has 178 valence electrons. The summed E-state index contributed by atoms with van der Waals surface area (Å²) in [5.74, 6) is 1.78. The number of aromatic nitrogens is 3. The summed E-state index contributed by atoms with van der Waals surface area (Å²) in [6.45, 7) is 2.54. The average Bonchev–Trinajstić information content (AvgIpc) is 2.92. The number of hydrogen-bond acceptors (Lipinski definition) is 9. The molecule has 3 aromatic rings. The molecule has 0 radical (unpaired) electrons. The van der Waals surface area contributed by atoms with Crippen LogP contribution in [0.3, 0.4) is 0 Å². The van der Waals surface area contributed by atoms with Crippen LogP contribution in [-0.4, -0.2) is 48.4 Å². The molecular weight excluding hydrogens is 460 g/mol. The Hall–Kier alpha value is -3.66. The molecule has 0 unspecified atom stereocenters. The van der Waals surface area contributed by atoms with E-state index in [1.807, 2.05) is 18.2 Å². The second kappa shape index (κ2) is 12.2. The molecule has 0 amide bonds. The van der Waals surface area contributed by atoms with Crippen molar-refractivity contribution in [1.29, 1.82) is 10.5 Å². The number of piperidine rings is 1. The van der Waals surface area contributed by atoms with E-state index in [2.05, 4.69) is 27.0 Å². The van der Waals surface area contributed by atoms with Gasteiger partial charge >= 0.3 is 0 Å². The molecule has 0 spiro atoms. The second-order valence-electron chi connectivity index (χ2n) is 7.97. The van der Waals surface area contributed by atoms with Crippen LogP contribution in [0.4, 0.5) is 5.82 Å². The van der Waals surface area contributed by atoms with E-state index >= 15 is 0 Å². The van der Waals surface area contributed by atoms with Gasteiger partial charge in [-0.25, -0.2) is 4.98 Å². The average molecular weight is 487 g/mol. The minimum Gasteiger partial charge on any atom is -0.490 e. The Kier molecular flexibility index (Phi) is 8.50. The van der Waals surface area contributed by atoms with Crippen LogP contribution >= 0.6 is 11.8 Å². The van der Waals surface area contributed by atoms with Crippen LogP contribution in [-0.2, 0) is 10.5 Å². The third kappa shape index (κ3) is 5.89. The molecule has 35 heavy (non-hydrogen) atoms. The number of ether oxygens (including phenoxy) is 2. The molecular formula is C26H26N6O2S. The van der Waals surface area contributed by atoms with Gasteiger partial charge in [-0.1, -0.05) is 17.8 Å². The third-order valence-corrected chi connectivity index (χ3v) is 6.66. The molecule has 0 bridgehead atoms. The van der Waals surface area contributed by atoms with Gasteiger partial charge in [-0.3, -0.25) is 9.97 Å². The van der Waals surface area contributed by atoms with Crippen molar-refractivity contribution >= 4 is 17.6 Å². The van der Waals surface area contributed by atoms with Gasteiger partial charge in [0.25, 0.3) is 0 Å². The summed E-state index contributed by atoms with van der Waals surface area (Å²) >= 11 is 1.45.